The summed E-state index contributed by atoms with van der Waals surface area (Å²) in [7, 11) is -7.56. The van der Waals surface area contributed by atoms with Crippen molar-refractivity contribution in [1.82, 2.24) is 37.7 Å². The van der Waals surface area contributed by atoms with E-state index in [1.165, 1.54) is 80.8 Å². The van der Waals surface area contributed by atoms with Crippen LogP contribution in [0, 0.1) is 13.8 Å². The standard InChI is InChI=1S/C68H74F2N8O18S4/c1-34-50-56(79)78(63(83)75(58(50)97-52(34)54-71-24-25-90-54)32-48(42-12-8-10-14-45(42)89-7)93-40-26-36-16-17-37(27-40)91-36)68(22-23-68)61(82)74-100(87,88)66(6)30-44(66)47-31-72-55(95-47)53-35(2)51-57(80)77(67(20-21-67)60(81)73-99(85,86)65(3,4)5)64(84)76(59(51)98-53)33-49(43-13-9-11-15-46(43)96-62(69)70)94-41-28-38-18-19-39(29-41)92-38/h8-15,24-25,31,36-41,44,48-49,62H,16-23,26-30,32-33H2,1-7H3,(H,73,81)(H,74,82)/t36-,37+,38-,39+,40-,41-,44?,48-,49-,66?/m0/s1. The molecule has 7 aliphatic rings. The van der Waals surface area contributed by atoms with Crippen molar-refractivity contribution in [3.63, 3.8) is 0 Å². The fourth-order valence-corrected chi connectivity index (χ4v) is 19.9. The van der Waals surface area contributed by atoms with Gasteiger partial charge in [0.15, 0.2) is 0 Å². The monoisotopic (exact) mass is 1460 g/mol. The highest BCUT2D eigenvalue weighted by atomic mass is 32.2. The highest BCUT2D eigenvalue weighted by Gasteiger charge is 2.65. The Labute approximate surface area is 579 Å². The number of nitrogens with zero attached hydrogens (tertiary/aromatic N) is 6. The fourth-order valence-electron chi connectivity index (χ4n) is 15.1. The fraction of sp³-hybridized carbons (Fsp3) is 0.529. The maximum Gasteiger partial charge on any atom is 0.387 e. The Kier molecular flexibility index (Phi) is 16.9. The molecule has 0 spiro atoms. The average Bonchev–Trinajstić information content (AvgIpc) is 1.54. The first-order valence-electron chi connectivity index (χ1n) is 33.4. The molecule has 2 unspecified atom stereocenters. The first kappa shape index (κ1) is 68.1. The summed E-state index contributed by atoms with van der Waals surface area (Å²) in [5.41, 5.74) is -6.20. The van der Waals surface area contributed by atoms with Crippen molar-refractivity contribution >= 4 is 75.0 Å². The number of para-hydroxylation sites is 2. The predicted octanol–water partition coefficient (Wildman–Crippen LogP) is 8.85. The number of carbonyl (C=O) groups excluding carboxylic acids is 2. The van der Waals surface area contributed by atoms with Crippen LogP contribution >= 0.6 is 22.7 Å². The zero-order valence-electron chi connectivity index (χ0n) is 55.7. The Morgan fingerprint density at radius 3 is 1.62 bits per heavy atom. The SMILES string of the molecule is COc1ccccc1[C@H](Cn1c(=O)n(C2(C(=O)NS(=O)(=O)C3(C)CC3c3cnc(-c4sc5c(c4C)c(=O)n(C4(C(=O)NS(=O)(=O)C(C)(C)C)CC4)c(=O)n5C[C@H](O[C@@H]4C[C@H]5CC[C@@H](C4)O5)c4ccccc4OC(F)F)o3)CC2)c(=O)c2c(C)c(-c3ncco3)sc21)O[C@@H]1C[C@H]2CC[C@@H](C1)O2. The molecule has 6 aromatic heterocycles. The molecule has 4 saturated heterocycles. The number of sulfonamides is 2. The van der Waals surface area contributed by atoms with Gasteiger partial charge in [-0.25, -0.2) is 45.5 Å². The summed E-state index contributed by atoms with van der Waals surface area (Å²) in [4.78, 5) is 101. The molecule has 10 atom stereocenters. The second-order valence-corrected chi connectivity index (χ2v) is 35.1. The maximum absolute atomic E-state index is 15.5. The number of halogens is 2. The van der Waals surface area contributed by atoms with Gasteiger partial charge >= 0.3 is 18.0 Å². The lowest BCUT2D eigenvalue weighted by Gasteiger charge is -2.32. The van der Waals surface area contributed by atoms with E-state index < -0.39 is 112 Å². The molecule has 2 N–H and O–H groups in total. The smallest absolute Gasteiger partial charge is 0.387 e. The molecule has 0 radical (unpaired) electrons. The number of aryl methyl sites for hydroxylation is 2. The largest absolute Gasteiger partial charge is 0.496 e. The summed E-state index contributed by atoms with van der Waals surface area (Å²) < 4.78 is 140. The number of hydrogen-bond acceptors (Lipinski definition) is 22. The number of carbonyl (C=O) groups is 2. The molecule has 4 aliphatic heterocycles. The van der Waals surface area contributed by atoms with Gasteiger partial charge in [-0.1, -0.05) is 36.4 Å². The number of hydrogen-bond donors (Lipinski definition) is 2. The van der Waals surface area contributed by atoms with Crippen molar-refractivity contribution < 1.29 is 72.5 Å². The van der Waals surface area contributed by atoms with Crippen molar-refractivity contribution in [3.8, 4) is 33.0 Å². The van der Waals surface area contributed by atoms with Gasteiger partial charge in [0.2, 0.25) is 31.8 Å². The molecule has 10 heterocycles. The van der Waals surface area contributed by atoms with E-state index in [0.717, 1.165) is 57.5 Å². The van der Waals surface area contributed by atoms with Crippen molar-refractivity contribution in [2.75, 3.05) is 7.11 Å². The second-order valence-electron chi connectivity index (χ2n) is 28.6. The minimum absolute atomic E-state index is 0.00993. The van der Waals surface area contributed by atoms with E-state index in [-0.39, 0.29) is 129 Å². The molecule has 100 heavy (non-hydrogen) atoms. The van der Waals surface area contributed by atoms with Crippen LogP contribution in [0.4, 0.5) is 8.78 Å². The van der Waals surface area contributed by atoms with Crippen molar-refractivity contribution in [2.45, 2.75) is 220 Å². The molecule has 8 aromatic rings. The highest BCUT2D eigenvalue weighted by Crippen LogP contribution is 2.58. The summed E-state index contributed by atoms with van der Waals surface area (Å²) in [5, 5.41) is 0.0100. The summed E-state index contributed by atoms with van der Waals surface area (Å²) >= 11 is 2.02. The number of fused-ring (bicyclic) bond motifs is 6. The van der Waals surface area contributed by atoms with Gasteiger partial charge in [0.05, 0.1) is 99.2 Å². The van der Waals surface area contributed by atoms with Gasteiger partial charge < -0.3 is 37.3 Å². The van der Waals surface area contributed by atoms with Gasteiger partial charge in [0.1, 0.15) is 56.5 Å². The van der Waals surface area contributed by atoms with Crippen LogP contribution in [-0.4, -0.2) is 117 Å². The lowest BCUT2D eigenvalue weighted by atomic mass is 10.0. The molecular weight excluding hydrogens is 1380 g/mol. The molecule has 15 rings (SSSR count). The second kappa shape index (κ2) is 24.8. The molecule has 2 aromatic carbocycles. The molecule has 7 fully saturated rings. The van der Waals surface area contributed by atoms with Crippen LogP contribution in [0.25, 0.3) is 42.0 Å². The first-order chi connectivity index (χ1) is 47.5. The zero-order chi connectivity index (χ0) is 70.5. The number of amides is 2. The van der Waals surface area contributed by atoms with Crippen LogP contribution in [0.3, 0.4) is 0 Å². The first-order valence-corrected chi connectivity index (χ1v) is 38.0. The van der Waals surface area contributed by atoms with E-state index in [1.54, 1.807) is 26.0 Å². The van der Waals surface area contributed by atoms with E-state index in [0.29, 0.717) is 47.4 Å². The number of nitrogens with one attached hydrogen (secondary N) is 2. The van der Waals surface area contributed by atoms with Gasteiger partial charge in [-0.2, -0.15) is 8.78 Å². The lowest BCUT2D eigenvalue weighted by Crippen LogP contribution is -2.54. The van der Waals surface area contributed by atoms with E-state index >= 15 is 24.0 Å². The number of benzene rings is 2. The molecule has 2 amide bonds. The molecule has 3 aliphatic carbocycles. The number of aromatic nitrogens is 6. The van der Waals surface area contributed by atoms with Crippen LogP contribution in [0.5, 0.6) is 11.5 Å². The number of rotatable bonds is 23. The van der Waals surface area contributed by atoms with Crippen LogP contribution < -0.4 is 41.4 Å². The third-order valence-corrected chi connectivity index (χ3v) is 28.0. The predicted molar refractivity (Wildman–Crippen MR) is 361 cm³/mol. The molecule has 3 saturated carbocycles. The van der Waals surface area contributed by atoms with Gasteiger partial charge in [-0.05, 0) is 148 Å². The minimum atomic E-state index is -4.72. The summed E-state index contributed by atoms with van der Waals surface area (Å²) in [5.74, 6) is -2.75. The molecular formula is C68H74F2N8O18S4. The van der Waals surface area contributed by atoms with Gasteiger partial charge in [0.25, 0.3) is 22.9 Å². The van der Waals surface area contributed by atoms with Gasteiger partial charge in [0, 0.05) is 17.0 Å². The third-order valence-electron chi connectivity index (χ3n) is 21.2. The van der Waals surface area contributed by atoms with Crippen LogP contribution in [0.1, 0.15) is 157 Å². The number of oxazole rings is 2. The van der Waals surface area contributed by atoms with Gasteiger partial charge in [-0.3, -0.25) is 37.8 Å². The Morgan fingerprint density at radius 2 is 1.16 bits per heavy atom. The number of alkyl halides is 2. The Bertz CT molecular complexity index is 5100. The van der Waals surface area contributed by atoms with Crippen molar-refractivity contribution in [3.05, 3.63) is 137 Å². The van der Waals surface area contributed by atoms with Crippen LogP contribution in [-0.2, 0) is 72.8 Å². The number of ether oxygens (including phenoxy) is 6. The van der Waals surface area contributed by atoms with E-state index in [9.17, 15) is 30.4 Å². The summed E-state index contributed by atoms with van der Waals surface area (Å²) in [6, 6.07) is 13.2. The quantitative estimate of drug-likeness (QED) is 0.0603. The number of methoxy groups -OCH3 is 1. The van der Waals surface area contributed by atoms with Gasteiger partial charge in [-0.15, -0.1) is 22.7 Å². The van der Waals surface area contributed by atoms with Crippen molar-refractivity contribution in [1.29, 1.82) is 0 Å². The van der Waals surface area contributed by atoms with Crippen LogP contribution in [0.2, 0.25) is 0 Å². The van der Waals surface area contributed by atoms with Crippen molar-refractivity contribution in [2.24, 2.45) is 0 Å². The van der Waals surface area contributed by atoms with E-state index in [1.807, 2.05) is 18.2 Å². The molecule has 532 valence electrons. The topological polar surface area (TPSA) is 322 Å². The summed E-state index contributed by atoms with van der Waals surface area (Å²) in [6.45, 7) is 4.95. The lowest BCUT2D eigenvalue weighted by molar-refractivity contribution is -0.124. The Balaban J connectivity index is 0.764. The average molecular weight is 1460 g/mol. The Hall–Kier alpha value is -7.72. The van der Waals surface area contributed by atoms with E-state index in [2.05, 4.69) is 19.4 Å². The van der Waals surface area contributed by atoms with Crippen LogP contribution in [0.15, 0.2) is 95.2 Å². The highest BCUT2D eigenvalue weighted by molar-refractivity contribution is 7.92. The maximum atomic E-state index is 15.5. The molecule has 4 bridgehead atoms. The third kappa shape index (κ3) is 11.6. The molecule has 32 heteroatoms. The number of thiophene rings is 2. The summed E-state index contributed by atoms with van der Waals surface area (Å²) in [6.07, 6.45) is 6.17. The zero-order valence-corrected chi connectivity index (χ0v) is 58.9. The minimum Gasteiger partial charge on any atom is -0.496 e. The normalized spacial score (nSPS) is 24.9. The Morgan fingerprint density at radius 1 is 0.690 bits per heavy atom. The van der Waals surface area contributed by atoms with E-state index in [4.69, 9.17) is 37.3 Å². The molecule has 26 nitrogen and oxygen atoms in total.